The zero-order chi connectivity index (χ0) is 11.3. The summed E-state index contributed by atoms with van der Waals surface area (Å²) >= 11 is 0. The summed E-state index contributed by atoms with van der Waals surface area (Å²) in [6.07, 6.45) is 1.70. The van der Waals surface area contributed by atoms with Crippen molar-refractivity contribution < 1.29 is 19.4 Å². The quantitative estimate of drug-likeness (QED) is 0.492. The highest BCUT2D eigenvalue weighted by Gasteiger charge is 2.27. The summed E-state index contributed by atoms with van der Waals surface area (Å²) in [5, 5.41) is 14.3. The topological polar surface area (TPSA) is 87.7 Å². The lowest BCUT2D eigenvalue weighted by Gasteiger charge is -2.16. The van der Waals surface area contributed by atoms with Crippen molar-refractivity contribution in [2.75, 3.05) is 20.3 Å². The molecule has 15 heavy (non-hydrogen) atoms. The van der Waals surface area contributed by atoms with Gasteiger partial charge in [0.1, 0.15) is 0 Å². The Morgan fingerprint density at radius 1 is 1.67 bits per heavy atom. The number of rotatable bonds is 4. The van der Waals surface area contributed by atoms with Crippen molar-refractivity contribution in [2.24, 2.45) is 0 Å². The van der Waals surface area contributed by atoms with Gasteiger partial charge in [-0.1, -0.05) is 0 Å². The number of hydrogen-bond donors (Lipinski definition) is 3. The first-order valence-electron chi connectivity index (χ1n) is 4.91. The Labute approximate surface area is 88.0 Å². The minimum absolute atomic E-state index is 0.260. The monoisotopic (exact) mass is 216 g/mol. The van der Waals surface area contributed by atoms with Crippen LogP contribution in [0.5, 0.6) is 0 Å². The van der Waals surface area contributed by atoms with Crippen LogP contribution < -0.4 is 10.6 Å². The minimum Gasteiger partial charge on any atom is -0.467 e. The lowest BCUT2D eigenvalue weighted by Crippen LogP contribution is -2.50. The molecule has 1 fully saturated rings. The van der Waals surface area contributed by atoms with Gasteiger partial charge in [-0.3, -0.25) is 4.79 Å². The van der Waals surface area contributed by atoms with E-state index in [0.29, 0.717) is 0 Å². The summed E-state index contributed by atoms with van der Waals surface area (Å²) in [6, 6.07) is -1.23. The number of carbonyl (C=O) groups is 2. The Hall–Kier alpha value is -1.14. The SMILES string of the molecule is COC(=O)[C@H](CO)NC(=O)[C@@H]1CCCN1. The molecule has 2 atom stereocenters. The van der Waals surface area contributed by atoms with Crippen molar-refractivity contribution in [3.63, 3.8) is 0 Å². The highest BCUT2D eigenvalue weighted by molar-refractivity contribution is 5.87. The Morgan fingerprint density at radius 3 is 2.87 bits per heavy atom. The third-order valence-electron chi connectivity index (χ3n) is 2.36. The zero-order valence-electron chi connectivity index (χ0n) is 8.66. The molecule has 0 aromatic heterocycles. The van der Waals surface area contributed by atoms with Crippen molar-refractivity contribution in [1.29, 1.82) is 0 Å². The molecule has 0 aromatic carbocycles. The molecule has 0 unspecified atom stereocenters. The van der Waals surface area contributed by atoms with Gasteiger partial charge in [0.05, 0.1) is 19.8 Å². The number of carbonyl (C=O) groups excluding carboxylic acids is 2. The number of aliphatic hydroxyl groups excluding tert-OH is 1. The standard InChI is InChI=1S/C9H16N2O4/c1-15-9(14)7(5-12)11-8(13)6-3-2-4-10-6/h6-7,10,12H,2-5H2,1H3,(H,11,13)/t6-,7-/m0/s1. The van der Waals surface area contributed by atoms with Gasteiger partial charge < -0.3 is 20.5 Å². The van der Waals surface area contributed by atoms with Crippen LogP contribution in [0.15, 0.2) is 0 Å². The predicted octanol–water partition coefficient (Wildman–Crippen LogP) is -1.61. The highest BCUT2D eigenvalue weighted by Crippen LogP contribution is 2.05. The van der Waals surface area contributed by atoms with Gasteiger partial charge in [-0.25, -0.2) is 4.79 Å². The summed E-state index contributed by atoms with van der Waals surface area (Å²) in [5.41, 5.74) is 0. The molecule has 0 saturated carbocycles. The third-order valence-corrected chi connectivity index (χ3v) is 2.36. The molecule has 1 heterocycles. The van der Waals surface area contributed by atoms with Crippen LogP contribution in [-0.4, -0.2) is 49.3 Å². The lowest BCUT2D eigenvalue weighted by molar-refractivity contribution is -0.146. The number of amides is 1. The highest BCUT2D eigenvalue weighted by atomic mass is 16.5. The average Bonchev–Trinajstić information content (AvgIpc) is 2.77. The normalized spacial score (nSPS) is 22.1. The van der Waals surface area contributed by atoms with Crippen molar-refractivity contribution in [1.82, 2.24) is 10.6 Å². The first-order chi connectivity index (χ1) is 7.19. The van der Waals surface area contributed by atoms with Crippen LogP contribution in [0.2, 0.25) is 0 Å². The van der Waals surface area contributed by atoms with Crippen LogP contribution in [-0.2, 0) is 14.3 Å². The van der Waals surface area contributed by atoms with Gasteiger partial charge in [0, 0.05) is 0 Å². The largest absolute Gasteiger partial charge is 0.467 e. The number of esters is 1. The summed E-state index contributed by atoms with van der Waals surface area (Å²) in [7, 11) is 1.21. The van der Waals surface area contributed by atoms with Crippen molar-refractivity contribution in [3.8, 4) is 0 Å². The number of hydrogen-bond acceptors (Lipinski definition) is 5. The van der Waals surface area contributed by atoms with E-state index in [-0.39, 0.29) is 11.9 Å². The number of nitrogens with one attached hydrogen (secondary N) is 2. The maximum Gasteiger partial charge on any atom is 0.330 e. The second kappa shape index (κ2) is 5.67. The van der Waals surface area contributed by atoms with Crippen LogP contribution in [0.25, 0.3) is 0 Å². The van der Waals surface area contributed by atoms with Crippen LogP contribution in [0.4, 0.5) is 0 Å². The molecule has 1 aliphatic rings. The molecular formula is C9H16N2O4. The van der Waals surface area contributed by atoms with Gasteiger partial charge in [0.15, 0.2) is 6.04 Å². The second-order valence-electron chi connectivity index (χ2n) is 3.42. The van der Waals surface area contributed by atoms with Gasteiger partial charge >= 0.3 is 5.97 Å². The Balaban J connectivity index is 2.43. The predicted molar refractivity (Wildman–Crippen MR) is 52.1 cm³/mol. The summed E-state index contributed by atoms with van der Waals surface area (Å²) in [6.45, 7) is 0.352. The van der Waals surface area contributed by atoms with E-state index in [1.54, 1.807) is 0 Å². The molecule has 1 saturated heterocycles. The van der Waals surface area contributed by atoms with Gasteiger partial charge in [-0.2, -0.15) is 0 Å². The molecule has 1 amide bonds. The molecule has 0 radical (unpaired) electrons. The Morgan fingerprint density at radius 2 is 2.40 bits per heavy atom. The van der Waals surface area contributed by atoms with E-state index in [1.807, 2.05) is 0 Å². The number of ether oxygens (including phenoxy) is 1. The van der Waals surface area contributed by atoms with Crippen LogP contribution >= 0.6 is 0 Å². The Kier molecular flexibility index (Phi) is 4.51. The van der Waals surface area contributed by atoms with Crippen LogP contribution in [0.3, 0.4) is 0 Å². The maximum absolute atomic E-state index is 11.5. The van der Waals surface area contributed by atoms with Crippen molar-refractivity contribution >= 4 is 11.9 Å². The fourth-order valence-electron chi connectivity index (χ4n) is 1.50. The summed E-state index contributed by atoms with van der Waals surface area (Å²) in [4.78, 5) is 22.6. The number of aliphatic hydroxyl groups is 1. The summed E-state index contributed by atoms with van der Waals surface area (Å²) in [5.74, 6) is -0.902. The third kappa shape index (κ3) is 3.17. The molecule has 86 valence electrons. The maximum atomic E-state index is 11.5. The molecule has 1 rings (SSSR count). The van der Waals surface area contributed by atoms with E-state index in [1.165, 1.54) is 7.11 Å². The van der Waals surface area contributed by atoms with E-state index >= 15 is 0 Å². The van der Waals surface area contributed by atoms with Gasteiger partial charge in [-0.15, -0.1) is 0 Å². The van der Waals surface area contributed by atoms with Gasteiger partial charge in [0.2, 0.25) is 5.91 Å². The van der Waals surface area contributed by atoms with Crippen molar-refractivity contribution in [3.05, 3.63) is 0 Å². The first kappa shape index (κ1) is 11.9. The molecule has 1 aliphatic heterocycles. The molecular weight excluding hydrogens is 200 g/mol. The lowest BCUT2D eigenvalue weighted by atomic mass is 10.2. The average molecular weight is 216 g/mol. The molecule has 3 N–H and O–H groups in total. The molecule has 0 aliphatic carbocycles. The molecule has 0 spiro atoms. The smallest absolute Gasteiger partial charge is 0.330 e. The molecule has 0 bridgehead atoms. The van der Waals surface area contributed by atoms with Crippen LogP contribution in [0.1, 0.15) is 12.8 Å². The van der Waals surface area contributed by atoms with Crippen LogP contribution in [0, 0.1) is 0 Å². The minimum atomic E-state index is -0.968. The first-order valence-corrected chi connectivity index (χ1v) is 4.91. The number of methoxy groups -OCH3 is 1. The van der Waals surface area contributed by atoms with E-state index in [0.717, 1.165) is 19.4 Å². The van der Waals surface area contributed by atoms with E-state index < -0.39 is 18.6 Å². The van der Waals surface area contributed by atoms with E-state index in [4.69, 9.17) is 5.11 Å². The molecule has 6 heteroatoms. The van der Waals surface area contributed by atoms with Crippen molar-refractivity contribution in [2.45, 2.75) is 24.9 Å². The zero-order valence-corrected chi connectivity index (χ0v) is 8.66. The molecule has 6 nitrogen and oxygen atoms in total. The van der Waals surface area contributed by atoms with Gasteiger partial charge in [0.25, 0.3) is 0 Å². The molecule has 0 aromatic rings. The fourth-order valence-corrected chi connectivity index (χ4v) is 1.50. The second-order valence-corrected chi connectivity index (χ2v) is 3.42. The summed E-state index contributed by atoms with van der Waals surface area (Å²) < 4.78 is 4.43. The van der Waals surface area contributed by atoms with E-state index in [9.17, 15) is 9.59 Å². The van der Waals surface area contributed by atoms with E-state index in [2.05, 4.69) is 15.4 Å². The fraction of sp³-hybridized carbons (Fsp3) is 0.778. The van der Waals surface area contributed by atoms with Gasteiger partial charge in [-0.05, 0) is 19.4 Å². The Bertz CT molecular complexity index is 238.